The lowest BCUT2D eigenvalue weighted by Crippen LogP contribution is -2.26. The SMILES string of the molecule is CCOc1ccc(CN(C)C(=O)c2cc(OC)ccc2Br)cc1. The van der Waals surface area contributed by atoms with Gasteiger partial charge in [0.15, 0.2) is 0 Å². The van der Waals surface area contributed by atoms with Gasteiger partial charge in [0.1, 0.15) is 11.5 Å². The average molecular weight is 378 g/mol. The predicted molar refractivity (Wildman–Crippen MR) is 94.1 cm³/mol. The van der Waals surface area contributed by atoms with Gasteiger partial charge in [0.25, 0.3) is 5.91 Å². The van der Waals surface area contributed by atoms with Crippen molar-refractivity contribution in [3.63, 3.8) is 0 Å². The van der Waals surface area contributed by atoms with Crippen LogP contribution >= 0.6 is 15.9 Å². The standard InChI is InChI=1S/C18H20BrNO3/c1-4-23-14-7-5-13(6-8-14)12-20(2)18(21)16-11-15(22-3)9-10-17(16)19/h5-11H,4,12H2,1-3H3. The second-order valence-corrected chi connectivity index (χ2v) is 5.94. The van der Waals surface area contributed by atoms with Crippen molar-refractivity contribution in [3.8, 4) is 11.5 Å². The molecule has 0 aliphatic carbocycles. The molecule has 0 aliphatic heterocycles. The van der Waals surface area contributed by atoms with E-state index in [1.807, 2.05) is 43.3 Å². The van der Waals surface area contributed by atoms with Gasteiger partial charge in [0.05, 0.1) is 19.3 Å². The first-order chi connectivity index (χ1) is 11.0. The molecule has 0 aromatic heterocycles. The second kappa shape index (κ2) is 8.02. The van der Waals surface area contributed by atoms with E-state index in [-0.39, 0.29) is 5.91 Å². The number of carbonyl (C=O) groups excluding carboxylic acids is 1. The maximum atomic E-state index is 12.6. The minimum Gasteiger partial charge on any atom is -0.497 e. The highest BCUT2D eigenvalue weighted by Crippen LogP contribution is 2.24. The van der Waals surface area contributed by atoms with E-state index in [2.05, 4.69) is 15.9 Å². The molecule has 5 heteroatoms. The third kappa shape index (κ3) is 4.48. The molecule has 1 amide bonds. The fourth-order valence-corrected chi connectivity index (χ4v) is 2.62. The number of methoxy groups -OCH3 is 1. The van der Waals surface area contributed by atoms with Crippen LogP contribution in [0, 0.1) is 0 Å². The number of benzene rings is 2. The van der Waals surface area contributed by atoms with E-state index in [4.69, 9.17) is 9.47 Å². The molecule has 2 aromatic carbocycles. The monoisotopic (exact) mass is 377 g/mol. The summed E-state index contributed by atoms with van der Waals surface area (Å²) in [5.74, 6) is 1.43. The third-order valence-corrected chi connectivity index (χ3v) is 4.10. The quantitative estimate of drug-likeness (QED) is 0.759. The molecule has 0 saturated heterocycles. The molecule has 0 spiro atoms. The van der Waals surface area contributed by atoms with Crippen LogP contribution in [0.25, 0.3) is 0 Å². The summed E-state index contributed by atoms with van der Waals surface area (Å²) in [5, 5.41) is 0. The lowest BCUT2D eigenvalue weighted by atomic mass is 10.1. The lowest BCUT2D eigenvalue weighted by molar-refractivity contribution is 0.0784. The molecule has 0 unspecified atom stereocenters. The molecule has 0 aliphatic rings. The van der Waals surface area contributed by atoms with Crippen LogP contribution in [0.4, 0.5) is 0 Å². The van der Waals surface area contributed by atoms with Crippen LogP contribution < -0.4 is 9.47 Å². The first-order valence-corrected chi connectivity index (χ1v) is 8.15. The summed E-state index contributed by atoms with van der Waals surface area (Å²) in [6.45, 7) is 3.11. The maximum absolute atomic E-state index is 12.6. The van der Waals surface area contributed by atoms with Crippen molar-refractivity contribution in [2.75, 3.05) is 20.8 Å². The number of halogens is 1. The van der Waals surface area contributed by atoms with E-state index in [0.29, 0.717) is 24.5 Å². The van der Waals surface area contributed by atoms with Gasteiger partial charge in [-0.2, -0.15) is 0 Å². The Labute approximate surface area is 145 Å². The van der Waals surface area contributed by atoms with E-state index in [1.54, 1.807) is 25.1 Å². The van der Waals surface area contributed by atoms with Crippen LogP contribution in [-0.2, 0) is 6.54 Å². The highest BCUT2D eigenvalue weighted by molar-refractivity contribution is 9.10. The van der Waals surface area contributed by atoms with Crippen LogP contribution in [0.5, 0.6) is 11.5 Å². The highest BCUT2D eigenvalue weighted by Gasteiger charge is 2.16. The summed E-state index contributed by atoms with van der Waals surface area (Å²) in [6, 6.07) is 13.1. The number of amides is 1. The molecule has 0 radical (unpaired) electrons. The summed E-state index contributed by atoms with van der Waals surface area (Å²) >= 11 is 3.42. The molecule has 0 heterocycles. The Morgan fingerprint density at radius 2 is 1.78 bits per heavy atom. The third-order valence-electron chi connectivity index (χ3n) is 3.40. The fraction of sp³-hybridized carbons (Fsp3) is 0.278. The first kappa shape index (κ1) is 17.3. The zero-order valence-corrected chi connectivity index (χ0v) is 15.1. The zero-order valence-electron chi connectivity index (χ0n) is 13.5. The van der Waals surface area contributed by atoms with Gasteiger partial charge >= 0.3 is 0 Å². The van der Waals surface area contributed by atoms with Gasteiger partial charge in [-0.15, -0.1) is 0 Å². The molecule has 23 heavy (non-hydrogen) atoms. The Morgan fingerprint density at radius 1 is 1.13 bits per heavy atom. The predicted octanol–water partition coefficient (Wildman–Crippen LogP) is 4.13. The van der Waals surface area contributed by atoms with Crippen LogP contribution in [-0.4, -0.2) is 31.6 Å². The minimum atomic E-state index is -0.0651. The Morgan fingerprint density at radius 3 is 2.39 bits per heavy atom. The summed E-state index contributed by atoms with van der Waals surface area (Å²) in [6.07, 6.45) is 0. The molecule has 122 valence electrons. The largest absolute Gasteiger partial charge is 0.497 e. The summed E-state index contributed by atoms with van der Waals surface area (Å²) in [7, 11) is 3.37. The molecule has 0 N–H and O–H groups in total. The van der Waals surface area contributed by atoms with E-state index < -0.39 is 0 Å². The number of rotatable bonds is 6. The Kier molecular flexibility index (Phi) is 6.04. The molecular weight excluding hydrogens is 358 g/mol. The van der Waals surface area contributed by atoms with Gasteiger partial charge in [0, 0.05) is 18.1 Å². The Bertz CT molecular complexity index is 670. The fourth-order valence-electron chi connectivity index (χ4n) is 2.20. The van der Waals surface area contributed by atoms with Gasteiger partial charge in [-0.05, 0) is 58.7 Å². The maximum Gasteiger partial charge on any atom is 0.255 e. The molecular formula is C18H20BrNO3. The van der Waals surface area contributed by atoms with Crippen molar-refractivity contribution >= 4 is 21.8 Å². The molecule has 2 aromatic rings. The van der Waals surface area contributed by atoms with Crippen molar-refractivity contribution in [2.45, 2.75) is 13.5 Å². The van der Waals surface area contributed by atoms with E-state index in [1.165, 1.54) is 0 Å². The van der Waals surface area contributed by atoms with Gasteiger partial charge in [-0.1, -0.05) is 12.1 Å². The Balaban J connectivity index is 2.10. The lowest BCUT2D eigenvalue weighted by Gasteiger charge is -2.19. The number of ether oxygens (including phenoxy) is 2. The van der Waals surface area contributed by atoms with Crippen molar-refractivity contribution in [2.24, 2.45) is 0 Å². The molecule has 0 atom stereocenters. The highest BCUT2D eigenvalue weighted by atomic mass is 79.9. The smallest absolute Gasteiger partial charge is 0.255 e. The van der Waals surface area contributed by atoms with Crippen LogP contribution in [0.15, 0.2) is 46.9 Å². The molecule has 0 fully saturated rings. The number of carbonyl (C=O) groups is 1. The second-order valence-electron chi connectivity index (χ2n) is 5.08. The van der Waals surface area contributed by atoms with Crippen LogP contribution in [0.1, 0.15) is 22.8 Å². The normalized spacial score (nSPS) is 10.3. The molecule has 2 rings (SSSR count). The van der Waals surface area contributed by atoms with Gasteiger partial charge < -0.3 is 14.4 Å². The molecule has 0 saturated carbocycles. The minimum absolute atomic E-state index is 0.0651. The Hall–Kier alpha value is -2.01. The zero-order chi connectivity index (χ0) is 16.8. The van der Waals surface area contributed by atoms with Crippen LogP contribution in [0.2, 0.25) is 0 Å². The molecule has 4 nitrogen and oxygen atoms in total. The summed E-state index contributed by atoms with van der Waals surface area (Å²) in [5.41, 5.74) is 1.63. The topological polar surface area (TPSA) is 38.8 Å². The van der Waals surface area contributed by atoms with Crippen molar-refractivity contribution in [1.29, 1.82) is 0 Å². The van der Waals surface area contributed by atoms with Crippen LogP contribution in [0.3, 0.4) is 0 Å². The number of hydrogen-bond donors (Lipinski definition) is 0. The van der Waals surface area contributed by atoms with E-state index in [0.717, 1.165) is 15.8 Å². The average Bonchev–Trinajstić information content (AvgIpc) is 2.56. The number of hydrogen-bond acceptors (Lipinski definition) is 3. The van der Waals surface area contributed by atoms with E-state index in [9.17, 15) is 4.79 Å². The van der Waals surface area contributed by atoms with Gasteiger partial charge in [-0.25, -0.2) is 0 Å². The molecule has 0 bridgehead atoms. The first-order valence-electron chi connectivity index (χ1n) is 7.36. The van der Waals surface area contributed by atoms with Gasteiger partial charge in [0.2, 0.25) is 0 Å². The summed E-state index contributed by atoms with van der Waals surface area (Å²) < 4.78 is 11.4. The summed E-state index contributed by atoms with van der Waals surface area (Å²) in [4.78, 5) is 14.3. The van der Waals surface area contributed by atoms with Crippen molar-refractivity contribution in [1.82, 2.24) is 4.90 Å². The van der Waals surface area contributed by atoms with Gasteiger partial charge in [-0.3, -0.25) is 4.79 Å². The van der Waals surface area contributed by atoms with Crippen molar-refractivity contribution < 1.29 is 14.3 Å². The van der Waals surface area contributed by atoms with Crippen molar-refractivity contribution in [3.05, 3.63) is 58.1 Å². The number of nitrogens with zero attached hydrogens (tertiary/aromatic N) is 1. The van der Waals surface area contributed by atoms with E-state index >= 15 is 0 Å².